The molecule has 0 unspecified atom stereocenters. The fourth-order valence-corrected chi connectivity index (χ4v) is 4.18. The van der Waals surface area contributed by atoms with E-state index in [2.05, 4.69) is 5.32 Å². The molecule has 4 rings (SSSR count). The van der Waals surface area contributed by atoms with E-state index in [1.807, 2.05) is 24.3 Å². The lowest BCUT2D eigenvalue weighted by molar-refractivity contribution is -0.121. The first kappa shape index (κ1) is 22.2. The highest BCUT2D eigenvalue weighted by atomic mass is 19.1. The third-order valence-electron chi connectivity index (χ3n) is 5.72. The number of ether oxygens (including phenoxy) is 3. The Hall–Kier alpha value is -2.97. The van der Waals surface area contributed by atoms with Crippen molar-refractivity contribution in [2.75, 3.05) is 33.4 Å². The van der Waals surface area contributed by atoms with Crippen molar-refractivity contribution in [2.45, 2.75) is 31.6 Å². The average Bonchev–Trinajstić information content (AvgIpc) is 3.09. The lowest BCUT2D eigenvalue weighted by Crippen LogP contribution is -2.42. The minimum absolute atomic E-state index is 0.142. The number of hydrogen-bond acceptors (Lipinski definition) is 5. The van der Waals surface area contributed by atoms with Gasteiger partial charge in [0.05, 0.1) is 32.8 Å². The molecule has 2 aliphatic rings. The van der Waals surface area contributed by atoms with Crippen molar-refractivity contribution in [1.82, 2.24) is 10.2 Å². The van der Waals surface area contributed by atoms with E-state index < -0.39 is 5.82 Å². The molecule has 0 aliphatic carbocycles. The average molecular weight is 442 g/mol. The molecule has 2 fully saturated rings. The highest BCUT2D eigenvalue weighted by Gasteiger charge is 2.39. The summed E-state index contributed by atoms with van der Waals surface area (Å²) in [5, 5.41) is 2.95. The molecule has 2 aliphatic heterocycles. The summed E-state index contributed by atoms with van der Waals surface area (Å²) in [5.74, 6) is -0.142. The van der Waals surface area contributed by atoms with Crippen LogP contribution >= 0.6 is 0 Å². The molecule has 2 amide bonds. The van der Waals surface area contributed by atoms with E-state index >= 15 is 0 Å². The van der Waals surface area contributed by atoms with Crippen molar-refractivity contribution in [3.8, 4) is 5.75 Å². The largest absolute Gasteiger partial charge is 0.496 e. The minimum atomic E-state index is -0.430. The number of hydrogen-bond donors (Lipinski definition) is 1. The van der Waals surface area contributed by atoms with Crippen LogP contribution in [0.3, 0.4) is 0 Å². The second-order valence-electron chi connectivity index (χ2n) is 8.22. The second-order valence-corrected chi connectivity index (χ2v) is 8.22. The van der Waals surface area contributed by atoms with Crippen molar-refractivity contribution < 1.29 is 28.2 Å². The number of fused-ring (bicyclic) bond motifs is 1. The van der Waals surface area contributed by atoms with Crippen LogP contribution in [0.25, 0.3) is 0 Å². The predicted molar refractivity (Wildman–Crippen MR) is 115 cm³/mol. The Kier molecular flexibility index (Phi) is 6.72. The zero-order chi connectivity index (χ0) is 22.7. The van der Waals surface area contributed by atoms with Gasteiger partial charge in [-0.2, -0.15) is 0 Å². The summed E-state index contributed by atoms with van der Waals surface area (Å²) in [6, 6.07) is 11.4. The van der Waals surface area contributed by atoms with Crippen molar-refractivity contribution in [3.05, 3.63) is 65.0 Å². The van der Waals surface area contributed by atoms with Crippen molar-refractivity contribution in [3.63, 3.8) is 0 Å². The van der Waals surface area contributed by atoms with Crippen molar-refractivity contribution >= 4 is 11.8 Å². The molecule has 8 heteroatoms. The first-order valence-corrected chi connectivity index (χ1v) is 10.6. The molecule has 2 saturated heterocycles. The molecular formula is C24H27FN2O5. The molecule has 170 valence electrons. The number of amides is 2. The standard InChI is InChI=1S/C24H27FN2O5/c1-15-7-17(9-18(25)8-15)24(29)27-11-21-22(12-27)32-14-19(13-31-21)26-23(28)10-16-5-3-4-6-20(16)30-2/h3-9,19,21-22H,10-14H2,1-2H3,(H,26,28)/t21-,22-/m0/s1. The van der Waals surface area contributed by atoms with E-state index in [1.165, 1.54) is 12.1 Å². The maximum absolute atomic E-state index is 13.7. The highest BCUT2D eigenvalue weighted by Crippen LogP contribution is 2.23. The number of para-hydroxylation sites is 1. The molecule has 1 N–H and O–H groups in total. The first-order chi connectivity index (χ1) is 15.4. The number of likely N-dealkylation sites (tertiary alicyclic amines) is 1. The molecular weight excluding hydrogens is 415 g/mol. The van der Waals surface area contributed by atoms with Crippen LogP contribution in [-0.4, -0.2) is 68.4 Å². The molecule has 2 atom stereocenters. The van der Waals surface area contributed by atoms with Gasteiger partial charge in [0.1, 0.15) is 23.8 Å². The number of rotatable bonds is 5. The van der Waals surface area contributed by atoms with Crippen LogP contribution < -0.4 is 10.1 Å². The Morgan fingerprint density at radius 3 is 2.47 bits per heavy atom. The summed E-state index contributed by atoms with van der Waals surface area (Å²) in [5.41, 5.74) is 1.82. The summed E-state index contributed by atoms with van der Waals surface area (Å²) < 4.78 is 30.9. The molecule has 2 aromatic rings. The van der Waals surface area contributed by atoms with Crippen LogP contribution in [0.15, 0.2) is 42.5 Å². The summed E-state index contributed by atoms with van der Waals surface area (Å²) in [7, 11) is 1.58. The fourth-order valence-electron chi connectivity index (χ4n) is 4.18. The van der Waals surface area contributed by atoms with Crippen LogP contribution in [0.4, 0.5) is 4.39 Å². The number of nitrogens with one attached hydrogen (secondary N) is 1. The van der Waals surface area contributed by atoms with Crippen molar-refractivity contribution in [2.24, 2.45) is 0 Å². The first-order valence-electron chi connectivity index (χ1n) is 10.6. The van der Waals surface area contributed by atoms with Crippen LogP contribution in [-0.2, 0) is 20.7 Å². The molecule has 0 aromatic heterocycles. The number of nitrogens with zero attached hydrogens (tertiary/aromatic N) is 1. The van der Waals surface area contributed by atoms with Gasteiger partial charge in [0.15, 0.2) is 0 Å². The number of halogens is 1. The summed E-state index contributed by atoms with van der Waals surface area (Å²) in [4.78, 5) is 26.9. The summed E-state index contributed by atoms with van der Waals surface area (Å²) in [6.45, 7) is 3.06. The van der Waals surface area contributed by atoms with Gasteiger partial charge >= 0.3 is 0 Å². The Morgan fingerprint density at radius 2 is 1.81 bits per heavy atom. The number of aryl methyl sites for hydroxylation is 1. The highest BCUT2D eigenvalue weighted by molar-refractivity contribution is 5.94. The van der Waals surface area contributed by atoms with Gasteiger partial charge in [0.25, 0.3) is 5.91 Å². The number of methoxy groups -OCH3 is 1. The van der Waals surface area contributed by atoms with Gasteiger partial charge in [-0.25, -0.2) is 4.39 Å². The number of benzene rings is 2. The van der Waals surface area contributed by atoms with Gasteiger partial charge in [0, 0.05) is 24.2 Å². The molecule has 32 heavy (non-hydrogen) atoms. The lowest BCUT2D eigenvalue weighted by Gasteiger charge is -2.20. The Morgan fingerprint density at radius 1 is 1.12 bits per heavy atom. The van der Waals surface area contributed by atoms with Crippen molar-refractivity contribution in [1.29, 1.82) is 0 Å². The zero-order valence-corrected chi connectivity index (χ0v) is 18.2. The molecule has 2 aromatic carbocycles. The van der Waals surface area contributed by atoms with E-state index in [-0.39, 0.29) is 36.5 Å². The Labute approximate surface area is 186 Å². The Bertz CT molecular complexity index is 962. The number of carbonyl (C=O) groups is 2. The van der Waals surface area contributed by atoms with E-state index in [9.17, 15) is 14.0 Å². The van der Waals surface area contributed by atoms with Gasteiger partial charge in [-0.15, -0.1) is 0 Å². The normalized spacial score (nSPS) is 21.0. The van der Waals surface area contributed by atoms with Gasteiger partial charge in [-0.05, 0) is 36.8 Å². The van der Waals surface area contributed by atoms with E-state index in [1.54, 1.807) is 25.0 Å². The topological polar surface area (TPSA) is 77.1 Å². The van der Waals surface area contributed by atoms with Crippen LogP contribution in [0.2, 0.25) is 0 Å². The SMILES string of the molecule is COc1ccccc1CC(=O)NC1CO[C@H]2CN(C(=O)c3cc(C)cc(F)c3)C[C@@H]2OC1. The van der Waals surface area contributed by atoms with Crippen LogP contribution in [0.5, 0.6) is 5.75 Å². The van der Waals surface area contributed by atoms with Gasteiger partial charge in [0.2, 0.25) is 5.91 Å². The monoisotopic (exact) mass is 442 g/mol. The summed E-state index contributed by atoms with van der Waals surface area (Å²) >= 11 is 0. The zero-order valence-electron chi connectivity index (χ0n) is 18.2. The number of carbonyl (C=O) groups excluding carboxylic acids is 2. The van der Waals surface area contributed by atoms with Crippen LogP contribution in [0.1, 0.15) is 21.5 Å². The molecule has 0 bridgehead atoms. The van der Waals surface area contributed by atoms with E-state index in [0.29, 0.717) is 43.2 Å². The van der Waals surface area contributed by atoms with Crippen LogP contribution in [0, 0.1) is 12.7 Å². The molecule has 7 nitrogen and oxygen atoms in total. The Balaban J connectivity index is 1.31. The minimum Gasteiger partial charge on any atom is -0.496 e. The van der Waals surface area contributed by atoms with Gasteiger partial charge in [-0.3, -0.25) is 9.59 Å². The van der Waals surface area contributed by atoms with E-state index in [4.69, 9.17) is 14.2 Å². The lowest BCUT2D eigenvalue weighted by atomic mass is 10.1. The summed E-state index contributed by atoms with van der Waals surface area (Å²) in [6.07, 6.45) is -0.377. The maximum atomic E-state index is 13.7. The van der Waals surface area contributed by atoms with Gasteiger partial charge in [-0.1, -0.05) is 18.2 Å². The molecule has 2 heterocycles. The van der Waals surface area contributed by atoms with E-state index in [0.717, 1.165) is 5.56 Å². The maximum Gasteiger partial charge on any atom is 0.254 e. The molecule has 0 saturated carbocycles. The quantitative estimate of drug-likeness (QED) is 0.768. The third kappa shape index (κ3) is 5.08. The third-order valence-corrected chi connectivity index (χ3v) is 5.72. The smallest absolute Gasteiger partial charge is 0.254 e. The predicted octanol–water partition coefficient (Wildman–Crippen LogP) is 2.11. The second kappa shape index (κ2) is 9.67. The van der Waals surface area contributed by atoms with Gasteiger partial charge < -0.3 is 24.4 Å². The fraction of sp³-hybridized carbons (Fsp3) is 0.417. The molecule has 0 spiro atoms. The molecule has 0 radical (unpaired) electrons.